The van der Waals surface area contributed by atoms with Gasteiger partial charge in [-0.2, -0.15) is 5.10 Å². The van der Waals surface area contributed by atoms with E-state index in [0.717, 1.165) is 0 Å². The standard InChI is InChI=1S/C10H10N4O/c1-14-6-7(5-13-14)9(15)8-3-2-4-12-10(8)11/h2-6H,1H3,(H2,11,12). The molecule has 2 aromatic heterocycles. The molecule has 2 heterocycles. The summed E-state index contributed by atoms with van der Waals surface area (Å²) in [5, 5.41) is 3.93. The van der Waals surface area contributed by atoms with Gasteiger partial charge in [-0.25, -0.2) is 4.98 Å². The smallest absolute Gasteiger partial charge is 0.199 e. The van der Waals surface area contributed by atoms with Crippen LogP contribution in [0.2, 0.25) is 0 Å². The lowest BCUT2D eigenvalue weighted by molar-refractivity contribution is 0.103. The maximum absolute atomic E-state index is 11.9. The topological polar surface area (TPSA) is 73.8 Å². The molecule has 15 heavy (non-hydrogen) atoms. The summed E-state index contributed by atoms with van der Waals surface area (Å²) in [4.78, 5) is 15.8. The Bertz CT molecular complexity index is 504. The quantitative estimate of drug-likeness (QED) is 0.725. The average Bonchev–Trinajstić information content (AvgIpc) is 2.65. The number of aryl methyl sites for hydroxylation is 1. The molecule has 2 aromatic rings. The molecule has 0 aliphatic carbocycles. The number of anilines is 1. The van der Waals surface area contributed by atoms with E-state index in [1.807, 2.05) is 0 Å². The van der Waals surface area contributed by atoms with Gasteiger partial charge in [0.25, 0.3) is 0 Å². The summed E-state index contributed by atoms with van der Waals surface area (Å²) in [5.74, 6) is 0.0834. The minimum Gasteiger partial charge on any atom is -0.383 e. The van der Waals surface area contributed by atoms with Crippen molar-refractivity contribution >= 4 is 11.6 Å². The van der Waals surface area contributed by atoms with Crippen LogP contribution in [0.25, 0.3) is 0 Å². The van der Waals surface area contributed by atoms with E-state index in [2.05, 4.69) is 10.1 Å². The zero-order valence-electron chi connectivity index (χ0n) is 8.21. The number of aromatic nitrogens is 3. The van der Waals surface area contributed by atoms with Gasteiger partial charge in [0.15, 0.2) is 5.78 Å². The van der Waals surface area contributed by atoms with E-state index in [1.54, 1.807) is 36.3 Å². The summed E-state index contributed by atoms with van der Waals surface area (Å²) in [5.41, 5.74) is 6.53. The van der Waals surface area contributed by atoms with E-state index in [1.165, 1.54) is 6.20 Å². The van der Waals surface area contributed by atoms with Crippen molar-refractivity contribution in [2.45, 2.75) is 0 Å². The number of nitrogen functional groups attached to an aromatic ring is 1. The maximum Gasteiger partial charge on any atom is 0.199 e. The molecule has 76 valence electrons. The first-order chi connectivity index (χ1) is 7.18. The lowest BCUT2D eigenvalue weighted by Crippen LogP contribution is -2.05. The molecule has 2 rings (SSSR count). The largest absolute Gasteiger partial charge is 0.383 e. The highest BCUT2D eigenvalue weighted by Gasteiger charge is 2.13. The number of hydrogen-bond acceptors (Lipinski definition) is 4. The molecule has 0 aromatic carbocycles. The summed E-state index contributed by atoms with van der Waals surface area (Å²) >= 11 is 0. The van der Waals surface area contributed by atoms with Gasteiger partial charge in [-0.15, -0.1) is 0 Å². The van der Waals surface area contributed by atoms with Crippen LogP contribution >= 0.6 is 0 Å². The van der Waals surface area contributed by atoms with Crippen LogP contribution in [0, 0.1) is 0 Å². The second kappa shape index (κ2) is 3.53. The molecule has 0 saturated heterocycles. The third kappa shape index (κ3) is 1.71. The summed E-state index contributed by atoms with van der Waals surface area (Å²) in [6.07, 6.45) is 4.71. The molecule has 0 saturated carbocycles. The number of carbonyl (C=O) groups excluding carboxylic acids is 1. The van der Waals surface area contributed by atoms with Crippen molar-refractivity contribution in [3.63, 3.8) is 0 Å². The molecule has 0 spiro atoms. The van der Waals surface area contributed by atoms with E-state index in [-0.39, 0.29) is 11.6 Å². The van der Waals surface area contributed by atoms with Crippen LogP contribution in [0.1, 0.15) is 15.9 Å². The molecule has 0 atom stereocenters. The van der Waals surface area contributed by atoms with Crippen molar-refractivity contribution in [3.05, 3.63) is 41.9 Å². The van der Waals surface area contributed by atoms with Gasteiger partial charge in [0.2, 0.25) is 0 Å². The van der Waals surface area contributed by atoms with Crippen LogP contribution in [-0.4, -0.2) is 20.5 Å². The van der Waals surface area contributed by atoms with Gasteiger partial charge in [-0.3, -0.25) is 9.48 Å². The van der Waals surface area contributed by atoms with Crippen LogP contribution < -0.4 is 5.73 Å². The zero-order chi connectivity index (χ0) is 10.8. The number of rotatable bonds is 2. The fourth-order valence-corrected chi connectivity index (χ4v) is 1.30. The van der Waals surface area contributed by atoms with Crippen molar-refractivity contribution in [1.29, 1.82) is 0 Å². The number of ketones is 1. The monoisotopic (exact) mass is 202 g/mol. The normalized spacial score (nSPS) is 10.2. The van der Waals surface area contributed by atoms with Crippen LogP contribution in [0.5, 0.6) is 0 Å². The Hall–Kier alpha value is -2.17. The van der Waals surface area contributed by atoms with Gasteiger partial charge >= 0.3 is 0 Å². The summed E-state index contributed by atoms with van der Waals surface area (Å²) in [7, 11) is 1.75. The van der Waals surface area contributed by atoms with Crippen LogP contribution in [0.3, 0.4) is 0 Å². The van der Waals surface area contributed by atoms with Gasteiger partial charge in [-0.05, 0) is 12.1 Å². The Morgan fingerprint density at radius 3 is 2.93 bits per heavy atom. The van der Waals surface area contributed by atoms with Crippen molar-refractivity contribution < 1.29 is 4.79 Å². The van der Waals surface area contributed by atoms with E-state index in [4.69, 9.17) is 5.73 Å². The highest BCUT2D eigenvalue weighted by molar-refractivity contribution is 6.11. The highest BCUT2D eigenvalue weighted by atomic mass is 16.1. The first kappa shape index (κ1) is 9.39. The molecule has 0 radical (unpaired) electrons. The minimum atomic E-state index is -0.159. The van der Waals surface area contributed by atoms with Gasteiger partial charge in [-0.1, -0.05) is 0 Å². The second-order valence-electron chi connectivity index (χ2n) is 3.17. The summed E-state index contributed by atoms with van der Waals surface area (Å²) in [6, 6.07) is 3.33. The van der Waals surface area contributed by atoms with Crippen molar-refractivity contribution in [2.75, 3.05) is 5.73 Å². The van der Waals surface area contributed by atoms with Gasteiger partial charge < -0.3 is 5.73 Å². The lowest BCUT2D eigenvalue weighted by atomic mass is 10.1. The number of nitrogens with zero attached hydrogens (tertiary/aromatic N) is 3. The van der Waals surface area contributed by atoms with Crippen molar-refractivity contribution in [1.82, 2.24) is 14.8 Å². The fourth-order valence-electron chi connectivity index (χ4n) is 1.30. The van der Waals surface area contributed by atoms with Crippen LogP contribution in [0.4, 0.5) is 5.82 Å². The SMILES string of the molecule is Cn1cc(C(=O)c2cccnc2N)cn1. The molecule has 2 N–H and O–H groups in total. The Morgan fingerprint density at radius 1 is 1.53 bits per heavy atom. The van der Waals surface area contributed by atoms with Crippen LogP contribution in [0.15, 0.2) is 30.7 Å². The van der Waals surface area contributed by atoms with E-state index in [0.29, 0.717) is 11.1 Å². The predicted molar refractivity (Wildman–Crippen MR) is 55.3 cm³/mol. The molecular weight excluding hydrogens is 192 g/mol. The first-order valence-corrected chi connectivity index (χ1v) is 4.42. The molecular formula is C10H10N4O. The number of pyridine rings is 1. The molecule has 0 aliphatic heterocycles. The summed E-state index contributed by atoms with van der Waals surface area (Å²) < 4.78 is 1.57. The Balaban J connectivity index is 2.41. The fraction of sp³-hybridized carbons (Fsp3) is 0.100. The summed E-state index contributed by atoms with van der Waals surface area (Å²) in [6.45, 7) is 0. The predicted octanol–water partition coefficient (Wildman–Crippen LogP) is 0.628. The second-order valence-corrected chi connectivity index (χ2v) is 3.17. The Labute approximate surface area is 86.5 Å². The van der Waals surface area contributed by atoms with Crippen molar-refractivity contribution in [2.24, 2.45) is 7.05 Å². The third-order valence-electron chi connectivity index (χ3n) is 2.05. The molecule has 0 fully saturated rings. The molecule has 5 nitrogen and oxygen atoms in total. The maximum atomic E-state index is 11.9. The first-order valence-electron chi connectivity index (χ1n) is 4.42. The molecule has 0 bridgehead atoms. The molecule has 0 aliphatic rings. The van der Waals surface area contributed by atoms with E-state index in [9.17, 15) is 4.79 Å². The van der Waals surface area contributed by atoms with Crippen LogP contribution in [-0.2, 0) is 7.05 Å². The number of nitrogens with two attached hydrogens (primary N) is 1. The highest BCUT2D eigenvalue weighted by Crippen LogP contribution is 2.13. The molecule has 5 heteroatoms. The minimum absolute atomic E-state index is 0.159. The van der Waals surface area contributed by atoms with E-state index < -0.39 is 0 Å². The number of carbonyl (C=O) groups is 1. The van der Waals surface area contributed by atoms with E-state index >= 15 is 0 Å². The van der Waals surface area contributed by atoms with Crippen molar-refractivity contribution in [3.8, 4) is 0 Å². The zero-order valence-corrected chi connectivity index (χ0v) is 8.21. The number of hydrogen-bond donors (Lipinski definition) is 1. The molecule has 0 unspecified atom stereocenters. The van der Waals surface area contributed by atoms with Gasteiger partial charge in [0.05, 0.1) is 17.3 Å². The van der Waals surface area contributed by atoms with Gasteiger partial charge in [0.1, 0.15) is 5.82 Å². The van der Waals surface area contributed by atoms with Gasteiger partial charge in [0, 0.05) is 19.4 Å². The Kier molecular flexibility index (Phi) is 2.21. The Morgan fingerprint density at radius 2 is 2.33 bits per heavy atom. The lowest BCUT2D eigenvalue weighted by Gasteiger charge is -2.00. The molecule has 0 amide bonds. The third-order valence-corrected chi connectivity index (χ3v) is 2.05. The average molecular weight is 202 g/mol.